The minimum absolute atomic E-state index is 0.0248. The molecule has 0 aromatic heterocycles. The van der Waals surface area contributed by atoms with Crippen LogP contribution in [0.1, 0.15) is 39.2 Å². The molecular formula is C17H27FN2O. The van der Waals surface area contributed by atoms with Crippen molar-refractivity contribution < 1.29 is 9.50 Å². The van der Waals surface area contributed by atoms with Crippen molar-refractivity contribution in [2.45, 2.75) is 51.8 Å². The van der Waals surface area contributed by atoms with Gasteiger partial charge in [-0.2, -0.15) is 0 Å². The number of halogens is 1. The van der Waals surface area contributed by atoms with Gasteiger partial charge in [0.15, 0.2) is 0 Å². The summed E-state index contributed by atoms with van der Waals surface area (Å²) in [5.41, 5.74) is 1.62. The number of benzene rings is 1. The fourth-order valence-corrected chi connectivity index (χ4v) is 2.67. The van der Waals surface area contributed by atoms with E-state index in [9.17, 15) is 9.50 Å². The summed E-state index contributed by atoms with van der Waals surface area (Å²) in [6.45, 7) is 7.75. The molecule has 1 aliphatic carbocycles. The maximum Gasteiger partial charge on any atom is 0.146 e. The summed E-state index contributed by atoms with van der Waals surface area (Å²) in [5, 5.41) is 12.7. The molecule has 0 aliphatic heterocycles. The van der Waals surface area contributed by atoms with Crippen LogP contribution in [0.25, 0.3) is 0 Å². The van der Waals surface area contributed by atoms with Crippen LogP contribution < -0.4 is 10.2 Å². The van der Waals surface area contributed by atoms with E-state index in [2.05, 4.69) is 26.1 Å². The number of anilines is 1. The zero-order chi connectivity index (χ0) is 15.6. The molecule has 1 fully saturated rings. The normalized spacial score (nSPS) is 22.0. The van der Waals surface area contributed by atoms with Crippen LogP contribution in [0.4, 0.5) is 10.1 Å². The van der Waals surface area contributed by atoms with E-state index >= 15 is 0 Å². The quantitative estimate of drug-likeness (QED) is 0.876. The third-order valence-electron chi connectivity index (χ3n) is 3.99. The Labute approximate surface area is 127 Å². The van der Waals surface area contributed by atoms with Crippen LogP contribution in [0.3, 0.4) is 0 Å². The second-order valence-electron chi connectivity index (χ2n) is 7.26. The third kappa shape index (κ3) is 4.68. The molecule has 2 rings (SSSR count). The Hall–Kier alpha value is -1.13. The summed E-state index contributed by atoms with van der Waals surface area (Å²) in [4.78, 5) is 1.95. The van der Waals surface area contributed by atoms with Crippen molar-refractivity contribution in [3.8, 4) is 0 Å². The van der Waals surface area contributed by atoms with Gasteiger partial charge in [-0.3, -0.25) is 0 Å². The molecule has 1 saturated carbocycles. The molecule has 118 valence electrons. The molecule has 21 heavy (non-hydrogen) atoms. The highest BCUT2D eigenvalue weighted by Gasteiger charge is 2.28. The van der Waals surface area contributed by atoms with Gasteiger partial charge in [-0.15, -0.1) is 0 Å². The zero-order valence-electron chi connectivity index (χ0n) is 13.5. The lowest BCUT2D eigenvalue weighted by Crippen LogP contribution is -2.37. The fraction of sp³-hybridized carbons (Fsp3) is 0.647. The topological polar surface area (TPSA) is 35.5 Å². The first-order valence-corrected chi connectivity index (χ1v) is 7.67. The summed E-state index contributed by atoms with van der Waals surface area (Å²) >= 11 is 0. The molecule has 0 heterocycles. The Morgan fingerprint density at radius 3 is 2.52 bits per heavy atom. The highest BCUT2D eigenvalue weighted by Crippen LogP contribution is 2.30. The third-order valence-corrected chi connectivity index (χ3v) is 3.99. The molecule has 0 atom stereocenters. The molecule has 0 bridgehead atoms. The van der Waals surface area contributed by atoms with E-state index in [0.717, 1.165) is 24.9 Å². The summed E-state index contributed by atoms with van der Waals surface area (Å²) in [6, 6.07) is 5.44. The van der Waals surface area contributed by atoms with E-state index < -0.39 is 0 Å². The molecule has 4 heteroatoms. The minimum atomic E-state index is -0.175. The molecule has 2 N–H and O–H groups in total. The molecule has 1 aromatic rings. The van der Waals surface area contributed by atoms with Gasteiger partial charge < -0.3 is 15.3 Å². The number of nitrogens with one attached hydrogen (secondary N) is 1. The van der Waals surface area contributed by atoms with Crippen molar-refractivity contribution >= 4 is 5.69 Å². The molecular weight excluding hydrogens is 267 g/mol. The second-order valence-corrected chi connectivity index (χ2v) is 7.26. The first-order chi connectivity index (χ1) is 9.74. The Kier molecular flexibility index (Phi) is 4.89. The maximum atomic E-state index is 14.3. The summed E-state index contributed by atoms with van der Waals surface area (Å²) in [7, 11) is 1.91. The smallest absolute Gasteiger partial charge is 0.146 e. The zero-order valence-corrected chi connectivity index (χ0v) is 13.5. The standard InChI is InChI=1S/C17H27FN2O/c1-17(2,3)19-10-12-5-6-16(15(18)9-12)20(4)11-13-7-14(21)8-13/h5-6,9,13-14,19,21H,7-8,10-11H2,1-4H3. The lowest BCUT2D eigenvalue weighted by molar-refractivity contribution is 0.0464. The molecule has 0 spiro atoms. The van der Waals surface area contributed by atoms with Crippen molar-refractivity contribution in [1.29, 1.82) is 0 Å². The van der Waals surface area contributed by atoms with E-state index in [-0.39, 0.29) is 17.5 Å². The first-order valence-electron chi connectivity index (χ1n) is 7.67. The summed E-state index contributed by atoms with van der Waals surface area (Å²) in [6.07, 6.45) is 1.51. The molecule has 1 aromatic carbocycles. The summed E-state index contributed by atoms with van der Waals surface area (Å²) < 4.78 is 14.3. The summed E-state index contributed by atoms with van der Waals surface area (Å²) in [5.74, 6) is 0.303. The van der Waals surface area contributed by atoms with Gasteiger partial charge in [0.1, 0.15) is 5.82 Å². The van der Waals surface area contributed by atoms with Crippen molar-refractivity contribution in [1.82, 2.24) is 5.32 Å². The largest absolute Gasteiger partial charge is 0.393 e. The van der Waals surface area contributed by atoms with Crippen molar-refractivity contribution in [2.75, 3.05) is 18.5 Å². The Bertz CT molecular complexity index is 478. The predicted octanol–water partition coefficient (Wildman–Crippen LogP) is 2.92. The van der Waals surface area contributed by atoms with Gasteiger partial charge in [0.2, 0.25) is 0 Å². The fourth-order valence-electron chi connectivity index (χ4n) is 2.67. The number of aliphatic hydroxyl groups excluding tert-OH is 1. The van der Waals surface area contributed by atoms with E-state index in [1.165, 1.54) is 0 Å². The van der Waals surface area contributed by atoms with Gasteiger partial charge >= 0.3 is 0 Å². The number of aliphatic hydroxyl groups is 1. The molecule has 0 saturated heterocycles. The Balaban J connectivity index is 1.95. The van der Waals surface area contributed by atoms with Crippen LogP contribution in [0.2, 0.25) is 0 Å². The predicted molar refractivity (Wildman–Crippen MR) is 85.0 cm³/mol. The molecule has 3 nitrogen and oxygen atoms in total. The molecule has 0 unspecified atom stereocenters. The number of rotatable bonds is 5. The minimum Gasteiger partial charge on any atom is -0.393 e. The molecule has 0 amide bonds. The lowest BCUT2D eigenvalue weighted by Gasteiger charge is -2.35. The Morgan fingerprint density at radius 2 is 2.00 bits per heavy atom. The van der Waals surface area contributed by atoms with E-state index in [1.54, 1.807) is 6.07 Å². The second kappa shape index (κ2) is 6.32. The maximum absolute atomic E-state index is 14.3. The monoisotopic (exact) mass is 294 g/mol. The van der Waals surface area contributed by atoms with Gasteiger partial charge in [0, 0.05) is 25.7 Å². The van der Waals surface area contributed by atoms with Gasteiger partial charge in [0.25, 0.3) is 0 Å². The van der Waals surface area contributed by atoms with E-state index in [1.807, 2.05) is 24.1 Å². The van der Waals surface area contributed by atoms with Gasteiger partial charge in [-0.05, 0) is 57.2 Å². The SMILES string of the molecule is CN(CC1CC(O)C1)c1ccc(CNC(C)(C)C)cc1F. The van der Waals surface area contributed by atoms with Gasteiger partial charge in [0.05, 0.1) is 11.8 Å². The number of hydrogen-bond acceptors (Lipinski definition) is 3. The van der Waals surface area contributed by atoms with Crippen LogP contribution in [0.15, 0.2) is 18.2 Å². The Morgan fingerprint density at radius 1 is 1.33 bits per heavy atom. The van der Waals surface area contributed by atoms with E-state index in [0.29, 0.717) is 18.2 Å². The highest BCUT2D eigenvalue weighted by atomic mass is 19.1. The van der Waals surface area contributed by atoms with E-state index in [4.69, 9.17) is 0 Å². The first kappa shape index (κ1) is 16.2. The van der Waals surface area contributed by atoms with Crippen molar-refractivity contribution in [2.24, 2.45) is 5.92 Å². The highest BCUT2D eigenvalue weighted by molar-refractivity contribution is 5.48. The number of hydrogen-bond donors (Lipinski definition) is 2. The van der Waals surface area contributed by atoms with Crippen LogP contribution >= 0.6 is 0 Å². The lowest BCUT2D eigenvalue weighted by atomic mass is 9.82. The van der Waals surface area contributed by atoms with Crippen LogP contribution in [-0.2, 0) is 6.54 Å². The van der Waals surface area contributed by atoms with Crippen LogP contribution in [-0.4, -0.2) is 30.3 Å². The average molecular weight is 294 g/mol. The van der Waals surface area contributed by atoms with Crippen molar-refractivity contribution in [3.05, 3.63) is 29.6 Å². The van der Waals surface area contributed by atoms with Gasteiger partial charge in [-0.1, -0.05) is 6.07 Å². The average Bonchev–Trinajstić information content (AvgIpc) is 2.33. The van der Waals surface area contributed by atoms with Crippen molar-refractivity contribution in [3.63, 3.8) is 0 Å². The molecule has 0 radical (unpaired) electrons. The van der Waals surface area contributed by atoms with Crippen LogP contribution in [0.5, 0.6) is 0 Å². The number of nitrogens with zero attached hydrogens (tertiary/aromatic N) is 1. The molecule has 1 aliphatic rings. The van der Waals surface area contributed by atoms with Gasteiger partial charge in [-0.25, -0.2) is 4.39 Å². The van der Waals surface area contributed by atoms with Crippen LogP contribution in [0, 0.1) is 11.7 Å².